The normalized spacial score (nSPS) is 16.7. The van der Waals surface area contributed by atoms with Crippen molar-refractivity contribution in [2.45, 2.75) is 38.8 Å². The number of nitrogens with one attached hydrogen (secondary N) is 2. The lowest BCUT2D eigenvalue weighted by atomic mass is 10.1. The summed E-state index contributed by atoms with van der Waals surface area (Å²) in [5.41, 5.74) is 2.08. The van der Waals surface area contributed by atoms with Gasteiger partial charge in [-0.25, -0.2) is 4.98 Å². The van der Waals surface area contributed by atoms with Gasteiger partial charge in [-0.2, -0.15) is 0 Å². The zero-order valence-corrected chi connectivity index (χ0v) is 16.8. The van der Waals surface area contributed by atoms with E-state index in [2.05, 4.69) is 38.5 Å². The van der Waals surface area contributed by atoms with E-state index in [9.17, 15) is 5.11 Å². The number of hydrogen-bond donors (Lipinski definition) is 3. The summed E-state index contributed by atoms with van der Waals surface area (Å²) in [4.78, 5) is 11.4. The van der Waals surface area contributed by atoms with Gasteiger partial charge in [-0.05, 0) is 44.4 Å². The van der Waals surface area contributed by atoms with Gasteiger partial charge in [0.05, 0.1) is 12.6 Å². The van der Waals surface area contributed by atoms with Gasteiger partial charge in [0.15, 0.2) is 5.96 Å². The monoisotopic (exact) mass is 381 g/mol. The fourth-order valence-electron chi connectivity index (χ4n) is 3.38. The quantitative estimate of drug-likeness (QED) is 0.530. The average Bonchev–Trinajstić information content (AvgIpc) is 2.73. The van der Waals surface area contributed by atoms with E-state index in [1.807, 2.05) is 49.5 Å². The standard InChI is InChI=1S/C22H31N5O/c1-3-23-22(25-16-20(28)18-9-7-17(2)8-10-18)26-19-11-14-27(15-12-19)21-6-4-5-13-24-21/h4-10,13,19-20,28H,3,11-12,14-16H2,1-2H3,(H2,23,25,26). The fraction of sp³-hybridized carbons (Fsp3) is 0.455. The molecule has 1 saturated heterocycles. The number of benzene rings is 1. The fourth-order valence-corrected chi connectivity index (χ4v) is 3.38. The lowest BCUT2D eigenvalue weighted by Gasteiger charge is -2.33. The van der Waals surface area contributed by atoms with Gasteiger partial charge in [0.1, 0.15) is 5.82 Å². The minimum Gasteiger partial charge on any atom is -0.386 e. The summed E-state index contributed by atoms with van der Waals surface area (Å²) in [5.74, 6) is 1.81. The number of anilines is 1. The van der Waals surface area contributed by atoms with E-state index >= 15 is 0 Å². The van der Waals surface area contributed by atoms with Gasteiger partial charge < -0.3 is 20.6 Å². The first-order chi connectivity index (χ1) is 13.7. The number of nitrogens with zero attached hydrogens (tertiary/aromatic N) is 3. The van der Waals surface area contributed by atoms with Crippen LogP contribution in [-0.2, 0) is 0 Å². The number of guanidine groups is 1. The summed E-state index contributed by atoms with van der Waals surface area (Å²) < 4.78 is 0. The van der Waals surface area contributed by atoms with Crippen molar-refractivity contribution >= 4 is 11.8 Å². The SMILES string of the molecule is CCNC(=NCC(O)c1ccc(C)cc1)NC1CCN(c2ccccn2)CC1. The number of aliphatic imine (C=N–C) groups is 1. The molecule has 0 amide bonds. The zero-order valence-electron chi connectivity index (χ0n) is 16.8. The van der Waals surface area contributed by atoms with E-state index in [0.717, 1.165) is 49.8 Å². The molecule has 2 aromatic rings. The van der Waals surface area contributed by atoms with Crippen LogP contribution in [0.5, 0.6) is 0 Å². The van der Waals surface area contributed by atoms with Crippen LogP contribution in [0, 0.1) is 6.92 Å². The third-order valence-corrected chi connectivity index (χ3v) is 5.04. The number of rotatable bonds is 6. The molecule has 0 spiro atoms. The van der Waals surface area contributed by atoms with Crippen LogP contribution in [0.4, 0.5) is 5.82 Å². The van der Waals surface area contributed by atoms with Crippen LogP contribution in [0.1, 0.15) is 37.0 Å². The van der Waals surface area contributed by atoms with Gasteiger partial charge in [0.2, 0.25) is 0 Å². The van der Waals surface area contributed by atoms with Crippen molar-refractivity contribution in [3.63, 3.8) is 0 Å². The van der Waals surface area contributed by atoms with Crippen molar-refractivity contribution < 1.29 is 5.11 Å². The molecule has 3 N–H and O–H groups in total. The second-order valence-corrected chi connectivity index (χ2v) is 7.24. The molecule has 0 radical (unpaired) electrons. The first-order valence-electron chi connectivity index (χ1n) is 10.1. The zero-order chi connectivity index (χ0) is 19.8. The molecular formula is C22H31N5O. The Kier molecular flexibility index (Phi) is 7.25. The number of aliphatic hydroxyl groups excluding tert-OH is 1. The Balaban J connectivity index is 1.53. The van der Waals surface area contributed by atoms with Crippen LogP contribution in [0.2, 0.25) is 0 Å². The predicted octanol–water partition coefficient (Wildman–Crippen LogP) is 2.65. The molecule has 3 rings (SSSR count). The molecule has 2 heterocycles. The van der Waals surface area contributed by atoms with Crippen molar-refractivity contribution in [3.8, 4) is 0 Å². The van der Waals surface area contributed by atoms with Gasteiger partial charge in [0.25, 0.3) is 0 Å². The maximum Gasteiger partial charge on any atom is 0.191 e. The third kappa shape index (κ3) is 5.70. The van der Waals surface area contributed by atoms with E-state index in [1.54, 1.807) is 0 Å². The van der Waals surface area contributed by atoms with E-state index in [4.69, 9.17) is 0 Å². The van der Waals surface area contributed by atoms with Crippen molar-refractivity contribution in [2.75, 3.05) is 31.1 Å². The minimum atomic E-state index is -0.595. The van der Waals surface area contributed by atoms with E-state index in [1.165, 1.54) is 5.56 Å². The molecule has 1 atom stereocenters. The molecule has 0 aliphatic carbocycles. The summed E-state index contributed by atoms with van der Waals surface area (Å²) in [6.45, 7) is 7.17. The van der Waals surface area contributed by atoms with Crippen molar-refractivity contribution in [3.05, 3.63) is 59.8 Å². The molecular weight excluding hydrogens is 350 g/mol. The van der Waals surface area contributed by atoms with Gasteiger partial charge in [0, 0.05) is 31.9 Å². The van der Waals surface area contributed by atoms with Crippen LogP contribution in [-0.4, -0.2) is 48.3 Å². The molecule has 6 nitrogen and oxygen atoms in total. The third-order valence-electron chi connectivity index (χ3n) is 5.04. The van der Waals surface area contributed by atoms with Crippen molar-refractivity contribution in [2.24, 2.45) is 4.99 Å². The second kappa shape index (κ2) is 10.1. The summed E-state index contributed by atoms with van der Waals surface area (Å²) in [7, 11) is 0. The Hall–Kier alpha value is -2.60. The number of aromatic nitrogens is 1. The molecule has 1 fully saturated rings. The van der Waals surface area contributed by atoms with Crippen LogP contribution in [0.3, 0.4) is 0 Å². The Morgan fingerprint density at radius 3 is 2.61 bits per heavy atom. The lowest BCUT2D eigenvalue weighted by molar-refractivity contribution is 0.187. The van der Waals surface area contributed by atoms with E-state index in [-0.39, 0.29) is 0 Å². The van der Waals surface area contributed by atoms with Crippen molar-refractivity contribution in [1.82, 2.24) is 15.6 Å². The number of aliphatic hydroxyl groups is 1. The lowest BCUT2D eigenvalue weighted by Crippen LogP contribution is -2.49. The number of hydrogen-bond acceptors (Lipinski definition) is 4. The van der Waals surface area contributed by atoms with Crippen molar-refractivity contribution in [1.29, 1.82) is 0 Å². The van der Waals surface area contributed by atoms with Gasteiger partial charge in [-0.1, -0.05) is 35.9 Å². The Morgan fingerprint density at radius 1 is 1.21 bits per heavy atom. The van der Waals surface area contributed by atoms with E-state index < -0.39 is 6.10 Å². The van der Waals surface area contributed by atoms with Gasteiger partial charge >= 0.3 is 0 Å². The minimum absolute atomic E-state index is 0.338. The second-order valence-electron chi connectivity index (χ2n) is 7.24. The highest BCUT2D eigenvalue weighted by Gasteiger charge is 2.20. The van der Waals surface area contributed by atoms with Gasteiger partial charge in [-0.15, -0.1) is 0 Å². The Morgan fingerprint density at radius 2 is 1.96 bits per heavy atom. The molecule has 1 unspecified atom stereocenters. The molecule has 1 aromatic carbocycles. The summed E-state index contributed by atoms with van der Waals surface area (Å²) in [6, 6.07) is 14.4. The predicted molar refractivity (Wildman–Crippen MR) is 115 cm³/mol. The maximum absolute atomic E-state index is 10.4. The van der Waals surface area contributed by atoms with Crippen LogP contribution >= 0.6 is 0 Å². The molecule has 1 aromatic heterocycles. The number of piperidine rings is 1. The Labute approximate surface area is 167 Å². The van der Waals surface area contributed by atoms with Gasteiger partial charge in [-0.3, -0.25) is 4.99 Å². The largest absolute Gasteiger partial charge is 0.386 e. The van der Waals surface area contributed by atoms with Crippen LogP contribution in [0.25, 0.3) is 0 Å². The topological polar surface area (TPSA) is 72.8 Å². The smallest absolute Gasteiger partial charge is 0.191 e. The summed E-state index contributed by atoms with van der Waals surface area (Å²) in [6.07, 6.45) is 3.31. The van der Waals surface area contributed by atoms with E-state index in [0.29, 0.717) is 12.6 Å². The molecule has 1 aliphatic heterocycles. The first kappa shape index (κ1) is 20.1. The maximum atomic E-state index is 10.4. The van der Waals surface area contributed by atoms with Crippen LogP contribution < -0.4 is 15.5 Å². The number of aryl methyl sites for hydroxylation is 1. The molecule has 28 heavy (non-hydrogen) atoms. The molecule has 6 heteroatoms. The number of pyridine rings is 1. The first-order valence-corrected chi connectivity index (χ1v) is 10.1. The summed E-state index contributed by atoms with van der Waals surface area (Å²) >= 11 is 0. The Bertz CT molecular complexity index is 739. The highest BCUT2D eigenvalue weighted by molar-refractivity contribution is 5.80. The highest BCUT2D eigenvalue weighted by atomic mass is 16.3. The van der Waals surface area contributed by atoms with Crippen LogP contribution in [0.15, 0.2) is 53.7 Å². The summed E-state index contributed by atoms with van der Waals surface area (Å²) in [5, 5.41) is 17.2. The molecule has 150 valence electrons. The average molecular weight is 382 g/mol. The molecule has 0 saturated carbocycles. The highest BCUT2D eigenvalue weighted by Crippen LogP contribution is 2.17. The molecule has 1 aliphatic rings. The molecule has 0 bridgehead atoms.